The van der Waals surface area contributed by atoms with E-state index in [1.807, 2.05) is 0 Å². The lowest BCUT2D eigenvalue weighted by Crippen LogP contribution is -2.60. The first kappa shape index (κ1) is 21.1. The minimum absolute atomic E-state index is 0.179. The highest BCUT2D eigenvalue weighted by Crippen LogP contribution is 2.42. The molecule has 0 saturated carbocycles. The van der Waals surface area contributed by atoms with Crippen molar-refractivity contribution < 1.29 is 4.74 Å². The van der Waals surface area contributed by atoms with Crippen molar-refractivity contribution in [2.75, 3.05) is 4.90 Å². The van der Waals surface area contributed by atoms with E-state index < -0.39 is 8.07 Å². The van der Waals surface area contributed by atoms with Gasteiger partial charge in [0.2, 0.25) is 0 Å². The molecule has 4 aromatic carbocycles. The van der Waals surface area contributed by atoms with Crippen LogP contribution in [0.15, 0.2) is 66.7 Å². The van der Waals surface area contributed by atoms with Crippen molar-refractivity contribution in [2.24, 2.45) is 0 Å². The molecule has 2 aliphatic heterocycles. The van der Waals surface area contributed by atoms with Crippen molar-refractivity contribution in [3.05, 3.63) is 89.0 Å². The Morgan fingerprint density at radius 2 is 1.54 bits per heavy atom. The summed E-state index contributed by atoms with van der Waals surface area (Å²) in [6.45, 7) is 11.9. The normalized spacial score (nSPS) is 14.9. The topological polar surface area (TPSA) is 12.5 Å². The van der Waals surface area contributed by atoms with Gasteiger partial charge in [0.1, 0.15) is 11.5 Å². The Balaban J connectivity index is 1.56. The van der Waals surface area contributed by atoms with E-state index in [1.165, 1.54) is 73.7 Å². The standard InChI is InChI=1S/C31H30BNOSi/c1-19-6-13-29-26(14-19)32-25-12-11-24(35(3,4)5)18-27(25)33(23-10-9-21-7-8-22(21)17-23)28-15-20(2)16-30(34-29)31(28)32/h6,9-18H,7-8H2,1-5H3. The van der Waals surface area contributed by atoms with Gasteiger partial charge < -0.3 is 9.64 Å². The van der Waals surface area contributed by atoms with Crippen LogP contribution in [0.25, 0.3) is 0 Å². The van der Waals surface area contributed by atoms with Crippen molar-refractivity contribution in [3.63, 3.8) is 0 Å². The van der Waals surface area contributed by atoms with Crippen molar-refractivity contribution in [3.8, 4) is 11.5 Å². The molecule has 172 valence electrons. The van der Waals surface area contributed by atoms with Gasteiger partial charge in [0.25, 0.3) is 6.71 Å². The Kier molecular flexibility index (Phi) is 4.30. The Labute approximate surface area is 209 Å². The highest BCUT2D eigenvalue weighted by atomic mass is 28.3. The maximum atomic E-state index is 6.57. The van der Waals surface area contributed by atoms with E-state index in [4.69, 9.17) is 4.74 Å². The van der Waals surface area contributed by atoms with Crippen LogP contribution >= 0.6 is 0 Å². The molecule has 0 unspecified atom stereocenters. The van der Waals surface area contributed by atoms with Crippen LogP contribution in [0.5, 0.6) is 11.5 Å². The highest BCUT2D eigenvalue weighted by molar-refractivity contribution is 6.99. The van der Waals surface area contributed by atoms with Crippen LogP contribution in [0.3, 0.4) is 0 Å². The van der Waals surface area contributed by atoms with Gasteiger partial charge in [0.15, 0.2) is 0 Å². The number of benzene rings is 4. The number of anilines is 3. The van der Waals surface area contributed by atoms with Gasteiger partial charge in [-0.1, -0.05) is 60.7 Å². The first-order valence-electron chi connectivity index (χ1n) is 12.8. The number of rotatable bonds is 2. The van der Waals surface area contributed by atoms with Crippen LogP contribution in [0.4, 0.5) is 17.1 Å². The molecule has 0 aromatic heterocycles. The van der Waals surface area contributed by atoms with E-state index >= 15 is 0 Å². The van der Waals surface area contributed by atoms with E-state index in [-0.39, 0.29) is 6.71 Å². The van der Waals surface area contributed by atoms with E-state index in [1.54, 1.807) is 0 Å². The minimum Gasteiger partial charge on any atom is -0.458 e. The summed E-state index contributed by atoms with van der Waals surface area (Å²) in [5, 5.41) is 1.50. The molecular weight excluding hydrogens is 441 g/mol. The summed E-state index contributed by atoms with van der Waals surface area (Å²) < 4.78 is 6.57. The summed E-state index contributed by atoms with van der Waals surface area (Å²) in [5.41, 5.74) is 13.3. The van der Waals surface area contributed by atoms with E-state index in [2.05, 4.69) is 105 Å². The third-order valence-corrected chi connectivity index (χ3v) is 10.1. The number of aryl methyl sites for hydroxylation is 4. The molecule has 0 fully saturated rings. The van der Waals surface area contributed by atoms with E-state index in [9.17, 15) is 0 Å². The van der Waals surface area contributed by atoms with Crippen molar-refractivity contribution in [1.29, 1.82) is 0 Å². The Morgan fingerprint density at radius 3 is 2.29 bits per heavy atom. The van der Waals surface area contributed by atoms with Gasteiger partial charge >= 0.3 is 0 Å². The summed E-state index contributed by atoms with van der Waals surface area (Å²) in [7, 11) is -1.50. The zero-order valence-electron chi connectivity index (χ0n) is 21.2. The SMILES string of the molecule is Cc1ccc2c(c1)B1c3ccc([Si](C)(C)C)cc3N(c3ccc4c(c3)CC4)c3cc(C)cc(c31)O2. The lowest BCUT2D eigenvalue weighted by Gasteiger charge is -2.41. The average molecular weight is 471 g/mol. The molecule has 2 nitrogen and oxygen atoms in total. The predicted octanol–water partition coefficient (Wildman–Crippen LogP) is 5.35. The molecule has 4 heteroatoms. The van der Waals surface area contributed by atoms with Crippen LogP contribution in [0, 0.1) is 13.8 Å². The maximum absolute atomic E-state index is 6.57. The monoisotopic (exact) mass is 471 g/mol. The molecular formula is C31H30BNOSi. The van der Waals surface area contributed by atoms with Crippen LogP contribution in [0.1, 0.15) is 22.3 Å². The first-order chi connectivity index (χ1) is 16.8. The second-order valence-corrected chi connectivity index (χ2v) is 16.7. The van der Waals surface area contributed by atoms with Gasteiger partial charge in [-0.3, -0.25) is 0 Å². The molecule has 0 amide bonds. The van der Waals surface area contributed by atoms with Gasteiger partial charge in [-0.15, -0.1) is 0 Å². The molecule has 3 aliphatic rings. The molecule has 35 heavy (non-hydrogen) atoms. The van der Waals surface area contributed by atoms with Crippen LogP contribution in [-0.4, -0.2) is 14.8 Å². The molecule has 0 bridgehead atoms. The summed E-state index contributed by atoms with van der Waals surface area (Å²) in [6, 6.07) is 25.6. The molecule has 0 N–H and O–H groups in total. The summed E-state index contributed by atoms with van der Waals surface area (Å²) in [4.78, 5) is 2.52. The fourth-order valence-corrected chi connectivity index (χ4v) is 7.22. The molecule has 1 aliphatic carbocycles. The maximum Gasteiger partial charge on any atom is 0.256 e. The van der Waals surface area contributed by atoms with Gasteiger partial charge in [-0.05, 0) is 96.2 Å². The number of hydrogen-bond donors (Lipinski definition) is 0. The van der Waals surface area contributed by atoms with E-state index in [0.29, 0.717) is 0 Å². The molecule has 4 aromatic rings. The molecule has 0 atom stereocenters. The Morgan fingerprint density at radius 1 is 0.714 bits per heavy atom. The molecule has 7 rings (SSSR count). The number of nitrogens with zero attached hydrogens (tertiary/aromatic N) is 1. The Hall–Kier alpha value is -3.24. The van der Waals surface area contributed by atoms with E-state index in [0.717, 1.165) is 11.5 Å². The average Bonchev–Trinajstić information content (AvgIpc) is 2.79. The number of ether oxygens (including phenoxy) is 1. The smallest absolute Gasteiger partial charge is 0.256 e. The third kappa shape index (κ3) is 3.09. The second-order valence-electron chi connectivity index (χ2n) is 11.6. The van der Waals surface area contributed by atoms with Crippen LogP contribution < -0.4 is 31.2 Å². The Bertz CT molecular complexity index is 1550. The van der Waals surface area contributed by atoms with Gasteiger partial charge in [0.05, 0.1) is 8.07 Å². The third-order valence-electron chi connectivity index (χ3n) is 8.05. The minimum atomic E-state index is -1.50. The van der Waals surface area contributed by atoms with Crippen molar-refractivity contribution in [1.82, 2.24) is 0 Å². The molecule has 2 heterocycles. The fraction of sp³-hybridized carbons (Fsp3) is 0.226. The number of hydrogen-bond acceptors (Lipinski definition) is 2. The molecule has 0 saturated heterocycles. The molecule has 0 spiro atoms. The van der Waals surface area contributed by atoms with Crippen molar-refractivity contribution >= 4 is 53.4 Å². The lowest BCUT2D eigenvalue weighted by molar-refractivity contribution is 0.487. The molecule has 0 radical (unpaired) electrons. The highest BCUT2D eigenvalue weighted by Gasteiger charge is 2.42. The predicted molar refractivity (Wildman–Crippen MR) is 152 cm³/mol. The zero-order chi connectivity index (χ0) is 24.1. The van der Waals surface area contributed by atoms with Gasteiger partial charge in [-0.25, -0.2) is 0 Å². The zero-order valence-corrected chi connectivity index (χ0v) is 22.2. The van der Waals surface area contributed by atoms with Crippen LogP contribution in [0.2, 0.25) is 19.6 Å². The van der Waals surface area contributed by atoms with Gasteiger partial charge in [0, 0.05) is 17.1 Å². The lowest BCUT2D eigenvalue weighted by atomic mass is 9.34. The number of fused-ring (bicyclic) bond motifs is 5. The van der Waals surface area contributed by atoms with Gasteiger partial charge in [-0.2, -0.15) is 0 Å². The first-order valence-corrected chi connectivity index (χ1v) is 16.3. The fourth-order valence-electron chi connectivity index (χ4n) is 6.07. The quantitative estimate of drug-likeness (QED) is 0.316. The van der Waals surface area contributed by atoms with Crippen LogP contribution in [-0.2, 0) is 12.8 Å². The van der Waals surface area contributed by atoms with Crippen molar-refractivity contribution in [2.45, 2.75) is 46.3 Å². The summed E-state index contributed by atoms with van der Waals surface area (Å²) in [6.07, 6.45) is 2.39. The summed E-state index contributed by atoms with van der Waals surface area (Å²) in [5.74, 6) is 1.98. The largest absolute Gasteiger partial charge is 0.458 e. The summed E-state index contributed by atoms with van der Waals surface area (Å²) >= 11 is 0. The second kappa shape index (κ2) is 7.14.